The minimum Gasteiger partial charge on any atom is -0.390 e. The summed E-state index contributed by atoms with van der Waals surface area (Å²) in [6, 6.07) is 0. The molecule has 1 rings (SSSR count). The molecule has 0 aliphatic carbocycles. The molecule has 0 saturated carbocycles. The van der Waals surface area contributed by atoms with Gasteiger partial charge in [-0.2, -0.15) is 0 Å². The monoisotopic (exact) mass is 279 g/mol. The summed E-state index contributed by atoms with van der Waals surface area (Å²) < 4.78 is 29.8. The molecular weight excluding hydrogens is 254 g/mol. The molecule has 1 N–H and O–H groups in total. The summed E-state index contributed by atoms with van der Waals surface area (Å²) >= 11 is 0. The Kier molecular flexibility index (Phi) is 5.17. The van der Waals surface area contributed by atoms with Crippen molar-refractivity contribution >= 4 is 10.0 Å². The van der Waals surface area contributed by atoms with Crippen LogP contribution in [0.3, 0.4) is 0 Å². The second-order valence-corrected chi connectivity index (χ2v) is 7.67. The van der Waals surface area contributed by atoms with E-state index in [1.807, 2.05) is 13.8 Å². The molecule has 0 aromatic carbocycles. The van der Waals surface area contributed by atoms with Gasteiger partial charge in [-0.3, -0.25) is 0 Å². The van der Waals surface area contributed by atoms with Crippen LogP contribution in [0.1, 0.15) is 33.1 Å². The molecule has 0 radical (unpaired) electrons. The van der Waals surface area contributed by atoms with E-state index in [1.165, 1.54) is 10.6 Å². The minimum atomic E-state index is -3.12. The molecule has 1 saturated heterocycles. The van der Waals surface area contributed by atoms with Crippen molar-refractivity contribution in [2.24, 2.45) is 5.92 Å². The van der Waals surface area contributed by atoms with Gasteiger partial charge in [0.2, 0.25) is 10.0 Å². The zero-order valence-electron chi connectivity index (χ0n) is 11.7. The largest absolute Gasteiger partial charge is 0.390 e. The SMILES string of the molecule is COC(C)(C)C(O)CC1CCCN(S(C)(=O)=O)C1. The van der Waals surface area contributed by atoms with Gasteiger partial charge in [0.15, 0.2) is 0 Å². The van der Waals surface area contributed by atoms with E-state index in [1.54, 1.807) is 7.11 Å². The molecule has 1 aliphatic rings. The molecule has 0 aromatic heterocycles. The molecule has 2 unspecified atom stereocenters. The maximum atomic E-state index is 11.5. The van der Waals surface area contributed by atoms with Crippen LogP contribution in [0.2, 0.25) is 0 Å². The topological polar surface area (TPSA) is 66.8 Å². The number of aliphatic hydroxyl groups is 1. The highest BCUT2D eigenvalue weighted by Gasteiger charge is 2.33. The Balaban J connectivity index is 2.58. The summed E-state index contributed by atoms with van der Waals surface area (Å²) in [5, 5.41) is 10.1. The Morgan fingerprint density at radius 1 is 1.50 bits per heavy atom. The van der Waals surface area contributed by atoms with E-state index < -0.39 is 21.7 Å². The molecule has 0 bridgehead atoms. The molecule has 1 aliphatic heterocycles. The van der Waals surface area contributed by atoms with E-state index in [0.717, 1.165) is 12.8 Å². The summed E-state index contributed by atoms with van der Waals surface area (Å²) in [7, 11) is -1.54. The Morgan fingerprint density at radius 2 is 2.11 bits per heavy atom. The third-order valence-electron chi connectivity index (χ3n) is 3.84. The van der Waals surface area contributed by atoms with Crippen molar-refractivity contribution in [2.75, 3.05) is 26.5 Å². The first-order valence-corrected chi connectivity index (χ1v) is 8.20. The fourth-order valence-corrected chi connectivity index (χ4v) is 3.20. The first kappa shape index (κ1) is 15.9. The molecule has 18 heavy (non-hydrogen) atoms. The van der Waals surface area contributed by atoms with Gasteiger partial charge in [0.05, 0.1) is 18.0 Å². The first-order valence-electron chi connectivity index (χ1n) is 6.35. The van der Waals surface area contributed by atoms with E-state index in [4.69, 9.17) is 4.74 Å². The first-order chi connectivity index (χ1) is 8.16. The van der Waals surface area contributed by atoms with Crippen molar-refractivity contribution in [3.63, 3.8) is 0 Å². The summed E-state index contributed by atoms with van der Waals surface area (Å²) in [5.41, 5.74) is -0.590. The van der Waals surface area contributed by atoms with Crippen LogP contribution in [0.15, 0.2) is 0 Å². The third kappa shape index (κ3) is 4.19. The molecule has 6 heteroatoms. The Bertz CT molecular complexity index is 366. The Labute approximate surface area is 110 Å². The van der Waals surface area contributed by atoms with Crippen molar-refractivity contribution in [1.29, 1.82) is 0 Å². The highest BCUT2D eigenvalue weighted by atomic mass is 32.2. The van der Waals surface area contributed by atoms with Crippen LogP contribution in [0.4, 0.5) is 0 Å². The summed E-state index contributed by atoms with van der Waals surface area (Å²) in [6.45, 7) is 4.79. The number of aliphatic hydroxyl groups excluding tert-OH is 1. The second-order valence-electron chi connectivity index (χ2n) is 5.69. The van der Waals surface area contributed by atoms with E-state index in [-0.39, 0.29) is 5.92 Å². The second kappa shape index (κ2) is 5.86. The van der Waals surface area contributed by atoms with Crippen LogP contribution in [0.5, 0.6) is 0 Å². The smallest absolute Gasteiger partial charge is 0.211 e. The van der Waals surface area contributed by atoms with Gasteiger partial charge >= 0.3 is 0 Å². The van der Waals surface area contributed by atoms with Gasteiger partial charge in [-0.1, -0.05) is 0 Å². The Morgan fingerprint density at radius 3 is 2.61 bits per heavy atom. The molecule has 0 spiro atoms. The van der Waals surface area contributed by atoms with Crippen molar-refractivity contribution in [1.82, 2.24) is 4.31 Å². The van der Waals surface area contributed by atoms with Crippen LogP contribution in [0.25, 0.3) is 0 Å². The quantitative estimate of drug-likeness (QED) is 0.809. The minimum absolute atomic E-state index is 0.206. The highest BCUT2D eigenvalue weighted by molar-refractivity contribution is 7.88. The van der Waals surface area contributed by atoms with Gasteiger partial charge in [0.1, 0.15) is 0 Å². The van der Waals surface area contributed by atoms with Gasteiger partial charge in [-0.15, -0.1) is 0 Å². The summed E-state index contributed by atoms with van der Waals surface area (Å²) in [6.07, 6.45) is 3.06. The number of piperidine rings is 1. The van der Waals surface area contributed by atoms with Gasteiger partial charge in [-0.25, -0.2) is 12.7 Å². The molecule has 1 fully saturated rings. The summed E-state index contributed by atoms with van der Waals surface area (Å²) in [4.78, 5) is 0. The van der Waals surface area contributed by atoms with Crippen molar-refractivity contribution in [3.05, 3.63) is 0 Å². The lowest BCUT2D eigenvalue weighted by Crippen LogP contribution is -2.44. The van der Waals surface area contributed by atoms with E-state index in [0.29, 0.717) is 19.5 Å². The predicted molar refractivity (Wildman–Crippen MR) is 70.9 cm³/mol. The average molecular weight is 279 g/mol. The number of hydrogen-bond acceptors (Lipinski definition) is 4. The van der Waals surface area contributed by atoms with Gasteiger partial charge < -0.3 is 9.84 Å². The number of rotatable bonds is 5. The van der Waals surface area contributed by atoms with Crippen molar-refractivity contribution in [2.45, 2.75) is 44.8 Å². The molecular formula is C12H25NO4S. The van der Waals surface area contributed by atoms with Crippen LogP contribution in [-0.2, 0) is 14.8 Å². The van der Waals surface area contributed by atoms with E-state index >= 15 is 0 Å². The lowest BCUT2D eigenvalue weighted by Gasteiger charge is -2.35. The number of nitrogens with zero attached hydrogens (tertiary/aromatic N) is 1. The normalized spacial score (nSPS) is 25.1. The number of sulfonamides is 1. The molecule has 108 valence electrons. The highest BCUT2D eigenvalue weighted by Crippen LogP contribution is 2.27. The predicted octanol–water partition coefficient (Wildman–Crippen LogP) is 0.834. The Hall–Kier alpha value is -0.170. The van der Waals surface area contributed by atoms with Crippen molar-refractivity contribution < 1.29 is 18.3 Å². The molecule has 5 nitrogen and oxygen atoms in total. The fraction of sp³-hybridized carbons (Fsp3) is 1.00. The van der Waals surface area contributed by atoms with E-state index in [2.05, 4.69) is 0 Å². The third-order valence-corrected chi connectivity index (χ3v) is 5.11. The van der Waals surface area contributed by atoms with Gasteiger partial charge in [-0.05, 0) is 39.0 Å². The number of ether oxygens (including phenoxy) is 1. The van der Waals surface area contributed by atoms with Crippen molar-refractivity contribution in [3.8, 4) is 0 Å². The van der Waals surface area contributed by atoms with Crippen LogP contribution in [0, 0.1) is 5.92 Å². The average Bonchev–Trinajstić information content (AvgIpc) is 2.28. The zero-order chi connectivity index (χ0) is 14.0. The fourth-order valence-electron chi connectivity index (χ4n) is 2.26. The standard InChI is InChI=1S/C12H25NO4S/c1-12(2,17-3)11(14)8-10-6-5-7-13(9-10)18(4,15)16/h10-11,14H,5-9H2,1-4H3. The van der Waals surface area contributed by atoms with E-state index in [9.17, 15) is 13.5 Å². The zero-order valence-corrected chi connectivity index (χ0v) is 12.5. The maximum Gasteiger partial charge on any atom is 0.211 e. The summed E-state index contributed by atoms with van der Waals surface area (Å²) in [5.74, 6) is 0.206. The molecule has 0 aromatic rings. The number of methoxy groups -OCH3 is 1. The van der Waals surface area contributed by atoms with Crippen LogP contribution < -0.4 is 0 Å². The lowest BCUT2D eigenvalue weighted by atomic mass is 9.87. The van der Waals surface area contributed by atoms with Crippen LogP contribution in [-0.4, -0.2) is 56.0 Å². The van der Waals surface area contributed by atoms with Gasteiger partial charge in [0, 0.05) is 20.2 Å². The van der Waals surface area contributed by atoms with Gasteiger partial charge in [0.25, 0.3) is 0 Å². The van der Waals surface area contributed by atoms with Crippen LogP contribution >= 0.6 is 0 Å². The molecule has 0 amide bonds. The number of hydrogen-bond donors (Lipinski definition) is 1. The molecule has 1 heterocycles. The lowest BCUT2D eigenvalue weighted by molar-refractivity contribution is -0.0872. The maximum absolute atomic E-state index is 11.5. The molecule has 2 atom stereocenters.